The van der Waals surface area contributed by atoms with E-state index in [-0.39, 0.29) is 30.0 Å². The summed E-state index contributed by atoms with van der Waals surface area (Å²) in [5.41, 5.74) is 9.28. The molecule has 1 aromatic carbocycles. The third kappa shape index (κ3) is 8.36. The average molecular weight is 488 g/mol. The lowest BCUT2D eigenvalue weighted by Crippen LogP contribution is -2.41. The van der Waals surface area contributed by atoms with Crippen LogP contribution in [0.2, 0.25) is 0 Å². The maximum absolute atomic E-state index is 12.0. The average Bonchev–Trinajstić information content (AvgIpc) is 2.98. The number of aliphatic imine (C=N–C) groups is 1. The number of nitrogens with one attached hydrogen (secondary N) is 2. The van der Waals surface area contributed by atoms with E-state index in [9.17, 15) is 4.79 Å². The van der Waals surface area contributed by atoms with Crippen LogP contribution in [0.4, 0.5) is 10.5 Å². The highest BCUT2D eigenvalue weighted by atomic mass is 127. The van der Waals surface area contributed by atoms with E-state index in [4.69, 9.17) is 10.5 Å². The maximum atomic E-state index is 12.0. The highest BCUT2D eigenvalue weighted by Crippen LogP contribution is 2.24. The minimum Gasteiger partial charge on any atom is -0.444 e. The van der Waals surface area contributed by atoms with Crippen LogP contribution in [-0.2, 0) is 17.6 Å². The first-order valence-electron chi connectivity index (χ1n) is 9.45. The van der Waals surface area contributed by atoms with E-state index in [0.29, 0.717) is 12.5 Å². The Hall–Kier alpha value is -1.51. The van der Waals surface area contributed by atoms with Crippen molar-refractivity contribution in [2.45, 2.75) is 71.4 Å². The molecule has 1 aliphatic carbocycles. The molecule has 1 unspecified atom stereocenters. The van der Waals surface area contributed by atoms with Gasteiger partial charge in [-0.05, 0) is 69.7 Å². The van der Waals surface area contributed by atoms with Crippen LogP contribution in [0.3, 0.4) is 0 Å². The molecule has 4 N–H and O–H groups in total. The molecule has 1 aliphatic rings. The summed E-state index contributed by atoms with van der Waals surface area (Å²) in [6, 6.07) is 6.24. The number of benzene rings is 1. The molecule has 0 spiro atoms. The predicted molar refractivity (Wildman–Crippen MR) is 122 cm³/mol. The largest absolute Gasteiger partial charge is 0.444 e. The van der Waals surface area contributed by atoms with Crippen molar-refractivity contribution in [1.29, 1.82) is 0 Å². The topological polar surface area (TPSA) is 88.7 Å². The number of carbonyl (C=O) groups excluding carboxylic acids is 1. The lowest BCUT2D eigenvalue weighted by Gasteiger charge is -2.23. The maximum Gasteiger partial charge on any atom is 0.407 e. The number of anilines is 1. The molecule has 0 bridgehead atoms. The second-order valence-electron chi connectivity index (χ2n) is 7.82. The van der Waals surface area contributed by atoms with Gasteiger partial charge in [0.15, 0.2) is 5.96 Å². The molecule has 1 amide bonds. The van der Waals surface area contributed by atoms with Crippen molar-refractivity contribution in [3.63, 3.8) is 0 Å². The van der Waals surface area contributed by atoms with Crippen LogP contribution in [0.1, 0.15) is 58.1 Å². The third-order valence-electron chi connectivity index (χ3n) is 4.21. The zero-order valence-corrected chi connectivity index (χ0v) is 19.1. The van der Waals surface area contributed by atoms with Gasteiger partial charge in [0.2, 0.25) is 0 Å². The molecule has 0 aromatic heterocycles. The molecule has 0 aliphatic heterocycles. The van der Waals surface area contributed by atoms with Crippen molar-refractivity contribution in [3.8, 4) is 0 Å². The van der Waals surface area contributed by atoms with Gasteiger partial charge in [-0.1, -0.05) is 19.4 Å². The van der Waals surface area contributed by atoms with Crippen molar-refractivity contribution >= 4 is 41.7 Å². The van der Waals surface area contributed by atoms with Gasteiger partial charge < -0.3 is 21.1 Å². The first kappa shape index (κ1) is 23.5. The number of aryl methyl sites for hydroxylation is 2. The Kier molecular flexibility index (Phi) is 9.35. The van der Waals surface area contributed by atoms with Gasteiger partial charge >= 0.3 is 6.09 Å². The molecule has 0 saturated carbocycles. The quantitative estimate of drug-likeness (QED) is 0.318. The van der Waals surface area contributed by atoms with E-state index in [1.54, 1.807) is 0 Å². The van der Waals surface area contributed by atoms with E-state index in [2.05, 4.69) is 34.7 Å². The molecular formula is C20H33IN4O2. The first-order chi connectivity index (χ1) is 12.3. The van der Waals surface area contributed by atoms with Crippen LogP contribution in [-0.4, -0.2) is 30.2 Å². The Bertz CT molecular complexity index is 656. The monoisotopic (exact) mass is 488 g/mol. The van der Waals surface area contributed by atoms with E-state index < -0.39 is 11.7 Å². The normalized spacial score (nSPS) is 14.7. The number of hydrogen-bond acceptors (Lipinski definition) is 3. The molecule has 0 fully saturated rings. The molecule has 152 valence electrons. The summed E-state index contributed by atoms with van der Waals surface area (Å²) < 4.78 is 5.31. The van der Waals surface area contributed by atoms with Gasteiger partial charge in [-0.25, -0.2) is 4.79 Å². The number of rotatable bonds is 6. The molecule has 0 saturated heterocycles. The number of guanidine groups is 1. The second kappa shape index (κ2) is 10.7. The van der Waals surface area contributed by atoms with Gasteiger partial charge in [0.05, 0.1) is 12.6 Å². The Morgan fingerprint density at radius 3 is 2.67 bits per heavy atom. The fourth-order valence-electron chi connectivity index (χ4n) is 3.08. The Morgan fingerprint density at radius 1 is 1.30 bits per heavy atom. The highest BCUT2D eigenvalue weighted by Gasteiger charge is 2.19. The number of carbonyl (C=O) groups is 1. The predicted octanol–water partition coefficient (Wildman–Crippen LogP) is 4.21. The highest BCUT2D eigenvalue weighted by molar-refractivity contribution is 14.0. The molecule has 6 nitrogen and oxygen atoms in total. The summed E-state index contributed by atoms with van der Waals surface area (Å²) in [7, 11) is 0. The van der Waals surface area contributed by atoms with Crippen molar-refractivity contribution in [2.75, 3.05) is 11.9 Å². The van der Waals surface area contributed by atoms with E-state index in [0.717, 1.165) is 31.4 Å². The van der Waals surface area contributed by atoms with Gasteiger partial charge in [0.1, 0.15) is 5.60 Å². The molecular weight excluding hydrogens is 455 g/mol. The lowest BCUT2D eigenvalue weighted by molar-refractivity contribution is 0.0503. The number of ether oxygens (including phenoxy) is 1. The van der Waals surface area contributed by atoms with Gasteiger partial charge in [-0.3, -0.25) is 4.99 Å². The molecule has 2 rings (SSSR count). The summed E-state index contributed by atoms with van der Waals surface area (Å²) in [6.45, 7) is 8.02. The van der Waals surface area contributed by atoms with Crippen molar-refractivity contribution < 1.29 is 9.53 Å². The summed E-state index contributed by atoms with van der Waals surface area (Å²) in [5, 5.41) is 6.02. The summed E-state index contributed by atoms with van der Waals surface area (Å²) in [5.74, 6) is 0.357. The van der Waals surface area contributed by atoms with Crippen LogP contribution < -0.4 is 16.4 Å². The molecule has 0 heterocycles. The molecule has 0 radical (unpaired) electrons. The van der Waals surface area contributed by atoms with E-state index >= 15 is 0 Å². The summed E-state index contributed by atoms with van der Waals surface area (Å²) in [6.07, 6.45) is 4.84. The van der Waals surface area contributed by atoms with E-state index in [1.807, 2.05) is 26.8 Å². The Balaban J connectivity index is 0.00000364. The summed E-state index contributed by atoms with van der Waals surface area (Å²) >= 11 is 0. The SMILES string of the molecule is CCCC(CN=C(N)Nc1ccc2c(c1)CCC2)NC(=O)OC(C)(C)C.I. The van der Waals surface area contributed by atoms with Gasteiger partial charge in [0.25, 0.3) is 0 Å². The minimum atomic E-state index is -0.516. The van der Waals surface area contributed by atoms with Crippen molar-refractivity contribution in [2.24, 2.45) is 10.7 Å². The molecule has 7 heteroatoms. The first-order valence-corrected chi connectivity index (χ1v) is 9.45. The van der Waals surface area contributed by atoms with Crippen LogP contribution in [0.15, 0.2) is 23.2 Å². The molecule has 1 aromatic rings. The lowest BCUT2D eigenvalue weighted by atomic mass is 10.1. The smallest absolute Gasteiger partial charge is 0.407 e. The number of nitrogens with zero attached hydrogens (tertiary/aromatic N) is 1. The van der Waals surface area contributed by atoms with Crippen LogP contribution in [0, 0.1) is 0 Å². The zero-order valence-electron chi connectivity index (χ0n) is 16.8. The fraction of sp³-hybridized carbons (Fsp3) is 0.600. The van der Waals surface area contributed by atoms with Crippen molar-refractivity contribution in [3.05, 3.63) is 29.3 Å². The number of fused-ring (bicyclic) bond motifs is 1. The van der Waals surface area contributed by atoms with Gasteiger partial charge in [-0.2, -0.15) is 0 Å². The number of alkyl carbamates (subject to hydrolysis) is 1. The number of hydrogen-bond donors (Lipinski definition) is 3. The number of amides is 1. The fourth-order valence-corrected chi connectivity index (χ4v) is 3.08. The van der Waals surface area contributed by atoms with E-state index in [1.165, 1.54) is 17.5 Å². The number of halogens is 1. The minimum absolute atomic E-state index is 0. The molecule has 27 heavy (non-hydrogen) atoms. The summed E-state index contributed by atoms with van der Waals surface area (Å²) in [4.78, 5) is 16.4. The second-order valence-corrected chi connectivity index (χ2v) is 7.82. The third-order valence-corrected chi connectivity index (χ3v) is 4.21. The van der Waals surface area contributed by atoms with Crippen molar-refractivity contribution in [1.82, 2.24) is 5.32 Å². The standard InChI is InChI=1S/C20H32N4O2.HI/c1-5-7-17(24-19(25)26-20(2,3)4)13-22-18(21)23-16-11-10-14-8-6-9-15(14)12-16;/h10-12,17H,5-9,13H2,1-4H3,(H,24,25)(H3,21,22,23);1H. The molecule has 1 atom stereocenters. The van der Waals surface area contributed by atoms with Gasteiger partial charge in [0, 0.05) is 5.69 Å². The van der Waals surface area contributed by atoms with Crippen LogP contribution in [0.5, 0.6) is 0 Å². The van der Waals surface area contributed by atoms with Crippen LogP contribution >= 0.6 is 24.0 Å². The van der Waals surface area contributed by atoms with Gasteiger partial charge in [-0.15, -0.1) is 24.0 Å². The Labute approximate surface area is 179 Å². The Morgan fingerprint density at radius 2 is 2.00 bits per heavy atom. The zero-order chi connectivity index (χ0) is 19.2. The number of nitrogens with two attached hydrogens (primary N) is 1. The van der Waals surface area contributed by atoms with Crippen LogP contribution in [0.25, 0.3) is 0 Å².